The van der Waals surface area contributed by atoms with E-state index in [9.17, 15) is 4.91 Å². The van der Waals surface area contributed by atoms with Gasteiger partial charge in [-0.15, -0.1) is 4.91 Å². The summed E-state index contributed by atoms with van der Waals surface area (Å²) in [7, 11) is 0. The molecule has 0 N–H and O–H groups in total. The SMILES string of the molecule is O=NN1CCC[C@H]1c1ccccc1Cl. The fourth-order valence-electron chi connectivity index (χ4n) is 1.91. The molecular formula is C10H11ClN2O. The van der Waals surface area contributed by atoms with Crippen LogP contribution in [0.15, 0.2) is 29.6 Å². The second-order valence-corrected chi connectivity index (χ2v) is 3.83. The molecule has 1 atom stereocenters. The maximum atomic E-state index is 10.5. The second-order valence-electron chi connectivity index (χ2n) is 3.42. The first kappa shape index (κ1) is 9.46. The van der Waals surface area contributed by atoms with Crippen LogP contribution in [-0.4, -0.2) is 11.6 Å². The maximum absolute atomic E-state index is 10.5. The van der Waals surface area contributed by atoms with E-state index in [-0.39, 0.29) is 6.04 Å². The molecule has 4 heteroatoms. The van der Waals surface area contributed by atoms with Crippen LogP contribution < -0.4 is 0 Å². The topological polar surface area (TPSA) is 32.7 Å². The molecule has 0 spiro atoms. The van der Waals surface area contributed by atoms with Gasteiger partial charge in [0.05, 0.1) is 11.3 Å². The largest absolute Gasteiger partial charge is 0.253 e. The number of hydrogen-bond acceptors (Lipinski definition) is 2. The van der Waals surface area contributed by atoms with Gasteiger partial charge in [-0.3, -0.25) is 5.01 Å². The van der Waals surface area contributed by atoms with Gasteiger partial charge in [0.2, 0.25) is 0 Å². The highest BCUT2D eigenvalue weighted by molar-refractivity contribution is 6.31. The van der Waals surface area contributed by atoms with Gasteiger partial charge < -0.3 is 0 Å². The molecule has 1 fully saturated rings. The van der Waals surface area contributed by atoms with E-state index >= 15 is 0 Å². The Labute approximate surface area is 87.6 Å². The molecule has 0 amide bonds. The van der Waals surface area contributed by atoms with Gasteiger partial charge in [0.1, 0.15) is 0 Å². The van der Waals surface area contributed by atoms with Gasteiger partial charge in [-0.2, -0.15) is 0 Å². The van der Waals surface area contributed by atoms with E-state index in [1.54, 1.807) is 5.01 Å². The molecule has 2 rings (SSSR count). The highest BCUT2D eigenvalue weighted by Crippen LogP contribution is 2.35. The highest BCUT2D eigenvalue weighted by atomic mass is 35.5. The molecule has 1 aliphatic rings. The molecule has 1 aromatic carbocycles. The normalized spacial score (nSPS) is 21.2. The summed E-state index contributed by atoms with van der Waals surface area (Å²) in [4.78, 5) is 10.5. The van der Waals surface area contributed by atoms with Crippen LogP contribution in [0, 0.1) is 4.91 Å². The number of nitrogens with zero attached hydrogens (tertiary/aromatic N) is 2. The molecule has 1 aromatic rings. The minimum Gasteiger partial charge on any atom is -0.253 e. The number of halogens is 1. The summed E-state index contributed by atoms with van der Waals surface area (Å²) in [5.41, 5.74) is 1.01. The molecular weight excluding hydrogens is 200 g/mol. The second kappa shape index (κ2) is 3.96. The monoisotopic (exact) mass is 210 g/mol. The summed E-state index contributed by atoms with van der Waals surface area (Å²) >= 11 is 6.06. The lowest BCUT2D eigenvalue weighted by Crippen LogP contribution is -2.16. The van der Waals surface area contributed by atoms with E-state index < -0.39 is 0 Å². The Kier molecular flexibility index (Phi) is 2.68. The Hall–Kier alpha value is -1.09. The van der Waals surface area contributed by atoms with Crippen molar-refractivity contribution in [1.29, 1.82) is 0 Å². The molecule has 0 bridgehead atoms. The number of nitroso groups, excluding NO2 is 1. The fourth-order valence-corrected chi connectivity index (χ4v) is 2.17. The molecule has 0 saturated carbocycles. The highest BCUT2D eigenvalue weighted by Gasteiger charge is 2.27. The predicted molar refractivity (Wildman–Crippen MR) is 55.9 cm³/mol. The van der Waals surface area contributed by atoms with Crippen LogP contribution in [0.2, 0.25) is 5.02 Å². The van der Waals surface area contributed by atoms with Crippen molar-refractivity contribution in [2.45, 2.75) is 18.9 Å². The molecule has 1 heterocycles. The Morgan fingerprint density at radius 1 is 1.43 bits per heavy atom. The zero-order valence-corrected chi connectivity index (χ0v) is 8.44. The Morgan fingerprint density at radius 3 is 2.93 bits per heavy atom. The van der Waals surface area contributed by atoms with Crippen LogP contribution in [0.1, 0.15) is 24.4 Å². The van der Waals surface area contributed by atoms with Crippen molar-refractivity contribution in [3.8, 4) is 0 Å². The van der Waals surface area contributed by atoms with E-state index in [0.29, 0.717) is 5.02 Å². The van der Waals surface area contributed by atoms with Gasteiger partial charge in [0.15, 0.2) is 0 Å². The number of rotatable bonds is 2. The maximum Gasteiger partial charge on any atom is 0.0766 e. The quantitative estimate of drug-likeness (QED) is 0.703. The van der Waals surface area contributed by atoms with Crippen LogP contribution in [-0.2, 0) is 0 Å². The molecule has 1 aliphatic heterocycles. The van der Waals surface area contributed by atoms with Gasteiger partial charge in [-0.1, -0.05) is 29.8 Å². The van der Waals surface area contributed by atoms with Gasteiger partial charge in [0.25, 0.3) is 0 Å². The zero-order valence-electron chi connectivity index (χ0n) is 7.69. The van der Waals surface area contributed by atoms with Gasteiger partial charge in [-0.25, -0.2) is 0 Å². The predicted octanol–water partition coefficient (Wildman–Crippen LogP) is 3.16. The van der Waals surface area contributed by atoms with Crippen molar-refractivity contribution >= 4 is 11.6 Å². The summed E-state index contributed by atoms with van der Waals surface area (Å²) in [5, 5.41) is 5.30. The fraction of sp³-hybridized carbons (Fsp3) is 0.400. The van der Waals surface area contributed by atoms with Gasteiger partial charge >= 0.3 is 0 Å². The standard InChI is InChI=1S/C10H11ClN2O/c11-9-5-2-1-4-8(9)10-6-3-7-13(10)12-14/h1-2,4-5,10H,3,6-7H2/t10-/m0/s1. The van der Waals surface area contributed by atoms with Crippen LogP contribution in [0.4, 0.5) is 0 Å². The van der Waals surface area contributed by atoms with Crippen molar-refractivity contribution in [2.75, 3.05) is 6.54 Å². The molecule has 0 unspecified atom stereocenters. The molecule has 1 saturated heterocycles. The molecule has 0 radical (unpaired) electrons. The van der Waals surface area contributed by atoms with Crippen molar-refractivity contribution in [2.24, 2.45) is 5.29 Å². The average Bonchev–Trinajstić information content (AvgIpc) is 2.66. The van der Waals surface area contributed by atoms with Crippen LogP contribution >= 0.6 is 11.6 Å². The van der Waals surface area contributed by atoms with Gasteiger partial charge in [0, 0.05) is 11.6 Å². The summed E-state index contributed by atoms with van der Waals surface area (Å²) in [6.45, 7) is 0.736. The number of benzene rings is 1. The summed E-state index contributed by atoms with van der Waals surface area (Å²) in [5.74, 6) is 0. The summed E-state index contributed by atoms with van der Waals surface area (Å²) < 4.78 is 0. The molecule has 74 valence electrons. The minimum atomic E-state index is 0.0706. The smallest absolute Gasteiger partial charge is 0.0766 e. The Balaban J connectivity index is 2.30. The molecule has 14 heavy (non-hydrogen) atoms. The van der Waals surface area contributed by atoms with Crippen LogP contribution in [0.25, 0.3) is 0 Å². The van der Waals surface area contributed by atoms with E-state index in [0.717, 1.165) is 24.9 Å². The summed E-state index contributed by atoms with van der Waals surface area (Å²) in [6.07, 6.45) is 1.96. The lowest BCUT2D eigenvalue weighted by Gasteiger charge is -2.18. The minimum absolute atomic E-state index is 0.0706. The van der Waals surface area contributed by atoms with Crippen molar-refractivity contribution in [3.05, 3.63) is 39.8 Å². The van der Waals surface area contributed by atoms with E-state index in [2.05, 4.69) is 5.29 Å². The third kappa shape index (κ3) is 1.60. The zero-order chi connectivity index (χ0) is 9.97. The average molecular weight is 211 g/mol. The van der Waals surface area contributed by atoms with E-state index in [1.807, 2.05) is 24.3 Å². The first-order valence-corrected chi connectivity index (χ1v) is 5.05. The Morgan fingerprint density at radius 2 is 2.21 bits per heavy atom. The lowest BCUT2D eigenvalue weighted by molar-refractivity contribution is 0.267. The van der Waals surface area contributed by atoms with Crippen molar-refractivity contribution in [3.63, 3.8) is 0 Å². The number of hydrogen-bond donors (Lipinski definition) is 0. The molecule has 0 aliphatic carbocycles. The molecule has 3 nitrogen and oxygen atoms in total. The van der Waals surface area contributed by atoms with E-state index in [1.165, 1.54) is 0 Å². The Bertz CT molecular complexity index is 343. The first-order chi connectivity index (χ1) is 6.83. The van der Waals surface area contributed by atoms with Crippen LogP contribution in [0.5, 0.6) is 0 Å². The third-order valence-corrected chi connectivity index (χ3v) is 2.94. The summed E-state index contributed by atoms with van der Waals surface area (Å²) in [6, 6.07) is 7.69. The van der Waals surface area contributed by atoms with Crippen molar-refractivity contribution < 1.29 is 0 Å². The first-order valence-electron chi connectivity index (χ1n) is 4.67. The van der Waals surface area contributed by atoms with E-state index in [4.69, 9.17) is 11.6 Å². The lowest BCUT2D eigenvalue weighted by atomic mass is 10.1. The van der Waals surface area contributed by atoms with Gasteiger partial charge in [-0.05, 0) is 24.5 Å². The van der Waals surface area contributed by atoms with Crippen LogP contribution in [0.3, 0.4) is 0 Å². The van der Waals surface area contributed by atoms with Crippen molar-refractivity contribution in [1.82, 2.24) is 5.01 Å². The molecule has 0 aromatic heterocycles. The third-order valence-electron chi connectivity index (χ3n) is 2.59.